The van der Waals surface area contributed by atoms with E-state index in [0.29, 0.717) is 24.8 Å². The Bertz CT molecular complexity index is 565. The van der Waals surface area contributed by atoms with Crippen LogP contribution in [0.15, 0.2) is 23.4 Å². The molecule has 0 spiro atoms. The smallest absolute Gasteiger partial charge is 0.223 e. The summed E-state index contributed by atoms with van der Waals surface area (Å²) < 4.78 is 5.77. The second kappa shape index (κ2) is 6.16. The molecule has 2 N–H and O–H groups in total. The third-order valence-electron chi connectivity index (χ3n) is 3.93. The van der Waals surface area contributed by atoms with Crippen LogP contribution in [0.3, 0.4) is 0 Å². The first-order valence-corrected chi connectivity index (χ1v) is 7.53. The molecule has 2 aliphatic carbocycles. The molecule has 0 saturated heterocycles. The molecule has 2 aliphatic rings. The molecule has 0 bridgehead atoms. The maximum absolute atomic E-state index is 11.6. The van der Waals surface area contributed by atoms with Gasteiger partial charge in [0.15, 0.2) is 0 Å². The highest BCUT2D eigenvalue weighted by atomic mass is 16.5. The van der Waals surface area contributed by atoms with E-state index in [1.165, 1.54) is 0 Å². The van der Waals surface area contributed by atoms with Crippen LogP contribution < -0.4 is 10.1 Å². The van der Waals surface area contributed by atoms with E-state index in [1.807, 2.05) is 18.2 Å². The van der Waals surface area contributed by atoms with Gasteiger partial charge in [-0.3, -0.25) is 4.79 Å². The fourth-order valence-corrected chi connectivity index (χ4v) is 2.68. The topological polar surface area (TPSA) is 70.9 Å². The zero-order valence-electron chi connectivity index (χ0n) is 12.0. The van der Waals surface area contributed by atoms with Crippen molar-refractivity contribution in [2.75, 3.05) is 6.61 Å². The SMILES string of the molecule is O=C(CCOc1cccc2c1CCC/C2=N/O)NC1CC1. The zero-order valence-corrected chi connectivity index (χ0v) is 12.0. The number of carbonyl (C=O) groups is 1. The minimum atomic E-state index is 0.0555. The lowest BCUT2D eigenvalue weighted by molar-refractivity contribution is -0.121. The molecule has 21 heavy (non-hydrogen) atoms. The van der Waals surface area contributed by atoms with Crippen molar-refractivity contribution in [1.29, 1.82) is 0 Å². The molecule has 1 aromatic rings. The van der Waals surface area contributed by atoms with E-state index >= 15 is 0 Å². The first kappa shape index (κ1) is 13.9. The van der Waals surface area contributed by atoms with Gasteiger partial charge < -0.3 is 15.3 Å². The van der Waals surface area contributed by atoms with E-state index in [-0.39, 0.29) is 5.91 Å². The lowest BCUT2D eigenvalue weighted by atomic mass is 9.89. The van der Waals surface area contributed by atoms with Gasteiger partial charge in [0.2, 0.25) is 5.91 Å². The van der Waals surface area contributed by atoms with E-state index < -0.39 is 0 Å². The van der Waals surface area contributed by atoms with Gasteiger partial charge in [0.05, 0.1) is 18.7 Å². The highest BCUT2D eigenvalue weighted by Crippen LogP contribution is 2.30. The van der Waals surface area contributed by atoms with Gasteiger partial charge in [0.1, 0.15) is 5.75 Å². The maximum atomic E-state index is 11.6. The number of benzene rings is 1. The van der Waals surface area contributed by atoms with Gasteiger partial charge in [-0.1, -0.05) is 17.3 Å². The van der Waals surface area contributed by atoms with Gasteiger partial charge in [-0.25, -0.2) is 0 Å². The normalized spacial score (nSPS) is 19.1. The average molecular weight is 288 g/mol. The zero-order chi connectivity index (χ0) is 14.7. The van der Waals surface area contributed by atoms with Crippen molar-refractivity contribution >= 4 is 11.6 Å². The first-order chi connectivity index (χ1) is 10.3. The Morgan fingerprint density at radius 1 is 1.38 bits per heavy atom. The summed E-state index contributed by atoms with van der Waals surface area (Å²) in [5.41, 5.74) is 2.76. The molecule has 0 atom stereocenters. The first-order valence-electron chi connectivity index (χ1n) is 7.53. The number of fused-ring (bicyclic) bond motifs is 1. The van der Waals surface area contributed by atoms with Crippen LogP contribution in [-0.2, 0) is 11.2 Å². The van der Waals surface area contributed by atoms with Crippen LogP contribution in [0, 0.1) is 0 Å². The highest BCUT2D eigenvalue weighted by molar-refractivity contribution is 6.02. The lowest BCUT2D eigenvalue weighted by Crippen LogP contribution is -2.26. The summed E-state index contributed by atoms with van der Waals surface area (Å²) >= 11 is 0. The summed E-state index contributed by atoms with van der Waals surface area (Å²) in [7, 11) is 0. The van der Waals surface area contributed by atoms with E-state index in [4.69, 9.17) is 9.94 Å². The predicted octanol–water partition coefficient (Wildman–Crippen LogP) is 2.25. The summed E-state index contributed by atoms with van der Waals surface area (Å²) in [5.74, 6) is 0.854. The Hall–Kier alpha value is -2.04. The highest BCUT2D eigenvalue weighted by Gasteiger charge is 2.23. The summed E-state index contributed by atoms with van der Waals surface area (Å²) in [4.78, 5) is 11.6. The molecule has 5 heteroatoms. The number of nitrogens with one attached hydrogen (secondary N) is 1. The lowest BCUT2D eigenvalue weighted by Gasteiger charge is -2.20. The molecule has 1 saturated carbocycles. The molecule has 1 fully saturated rings. The Kier molecular flexibility index (Phi) is 4.08. The Labute approximate surface area is 124 Å². The van der Waals surface area contributed by atoms with Crippen LogP contribution in [0.5, 0.6) is 5.75 Å². The minimum Gasteiger partial charge on any atom is -0.493 e. The average Bonchev–Trinajstić information content (AvgIpc) is 3.30. The van der Waals surface area contributed by atoms with Crippen LogP contribution in [0.25, 0.3) is 0 Å². The minimum absolute atomic E-state index is 0.0555. The van der Waals surface area contributed by atoms with E-state index in [1.54, 1.807) is 0 Å². The molecule has 0 aliphatic heterocycles. The summed E-state index contributed by atoms with van der Waals surface area (Å²) in [6.45, 7) is 0.376. The van der Waals surface area contributed by atoms with Crippen molar-refractivity contribution in [3.63, 3.8) is 0 Å². The summed E-state index contributed by atoms with van der Waals surface area (Å²) in [6.07, 6.45) is 5.23. The van der Waals surface area contributed by atoms with Gasteiger partial charge in [-0.2, -0.15) is 0 Å². The molecule has 1 amide bonds. The molecule has 3 rings (SSSR count). The largest absolute Gasteiger partial charge is 0.493 e. The molecule has 1 aromatic carbocycles. The van der Waals surface area contributed by atoms with Gasteiger partial charge in [-0.05, 0) is 38.2 Å². The predicted molar refractivity (Wildman–Crippen MR) is 79.0 cm³/mol. The Morgan fingerprint density at radius 2 is 2.24 bits per heavy atom. The number of hydrogen-bond donors (Lipinski definition) is 2. The van der Waals surface area contributed by atoms with Crippen LogP contribution in [0.2, 0.25) is 0 Å². The molecule has 0 heterocycles. The number of amides is 1. The number of rotatable bonds is 5. The van der Waals surface area contributed by atoms with E-state index in [0.717, 1.165) is 49.0 Å². The van der Waals surface area contributed by atoms with Crippen LogP contribution in [0.4, 0.5) is 0 Å². The van der Waals surface area contributed by atoms with Crippen molar-refractivity contribution < 1.29 is 14.7 Å². The summed E-state index contributed by atoms with van der Waals surface area (Å²) in [5, 5.41) is 15.4. The Morgan fingerprint density at radius 3 is 3.00 bits per heavy atom. The number of hydrogen-bond acceptors (Lipinski definition) is 4. The molecule has 0 aromatic heterocycles. The standard InChI is InChI=1S/C16H20N2O3/c19-16(17-11-7-8-11)9-10-21-15-6-2-3-12-13(15)4-1-5-14(12)18-20/h2-3,6,11,20H,1,4-5,7-10H2,(H,17,19)/b18-14-. The van der Waals surface area contributed by atoms with Crippen molar-refractivity contribution in [2.45, 2.75) is 44.6 Å². The number of carbonyl (C=O) groups excluding carboxylic acids is 1. The third-order valence-corrected chi connectivity index (χ3v) is 3.93. The van der Waals surface area contributed by atoms with Gasteiger partial charge in [-0.15, -0.1) is 0 Å². The monoisotopic (exact) mass is 288 g/mol. The van der Waals surface area contributed by atoms with Gasteiger partial charge in [0, 0.05) is 17.2 Å². The second-order valence-electron chi connectivity index (χ2n) is 5.62. The molecule has 0 unspecified atom stereocenters. The molecule has 0 radical (unpaired) electrons. The number of nitrogens with zero attached hydrogens (tertiary/aromatic N) is 1. The maximum Gasteiger partial charge on any atom is 0.223 e. The van der Waals surface area contributed by atoms with Crippen molar-refractivity contribution in [3.05, 3.63) is 29.3 Å². The molecule has 5 nitrogen and oxygen atoms in total. The van der Waals surface area contributed by atoms with Crippen molar-refractivity contribution in [3.8, 4) is 5.75 Å². The second-order valence-corrected chi connectivity index (χ2v) is 5.62. The number of ether oxygens (including phenoxy) is 1. The van der Waals surface area contributed by atoms with Crippen LogP contribution >= 0.6 is 0 Å². The number of oxime groups is 1. The Balaban J connectivity index is 1.61. The van der Waals surface area contributed by atoms with Crippen molar-refractivity contribution in [1.82, 2.24) is 5.32 Å². The third kappa shape index (κ3) is 3.35. The fraction of sp³-hybridized carbons (Fsp3) is 0.500. The van der Waals surface area contributed by atoms with Gasteiger partial charge in [0.25, 0.3) is 0 Å². The molecule has 112 valence electrons. The van der Waals surface area contributed by atoms with Gasteiger partial charge >= 0.3 is 0 Å². The van der Waals surface area contributed by atoms with E-state index in [2.05, 4.69) is 10.5 Å². The fourth-order valence-electron chi connectivity index (χ4n) is 2.68. The summed E-state index contributed by atoms with van der Waals surface area (Å²) in [6, 6.07) is 6.16. The van der Waals surface area contributed by atoms with Crippen LogP contribution in [0.1, 0.15) is 43.2 Å². The van der Waals surface area contributed by atoms with E-state index in [9.17, 15) is 4.79 Å². The molecular weight excluding hydrogens is 268 g/mol. The van der Waals surface area contributed by atoms with Crippen LogP contribution in [-0.4, -0.2) is 29.5 Å². The van der Waals surface area contributed by atoms with Crippen molar-refractivity contribution in [2.24, 2.45) is 5.16 Å². The quantitative estimate of drug-likeness (QED) is 0.645. The molecular formula is C16H20N2O3.